The highest BCUT2D eigenvalue weighted by molar-refractivity contribution is 6.83. The van der Waals surface area contributed by atoms with Crippen LogP contribution in [0.5, 0.6) is 0 Å². The van der Waals surface area contributed by atoms with Crippen LogP contribution in [-0.4, -0.2) is 46.4 Å². The summed E-state index contributed by atoms with van der Waals surface area (Å²) >= 11 is 0. The Morgan fingerprint density at radius 2 is 1.92 bits per heavy atom. The maximum Gasteiger partial charge on any atom is 0.167 e. The molecule has 2 rings (SSSR count). The van der Waals surface area contributed by atoms with Gasteiger partial charge in [0.15, 0.2) is 6.29 Å². The molecule has 1 saturated heterocycles. The van der Waals surface area contributed by atoms with E-state index in [9.17, 15) is 5.11 Å². The molecule has 2 aliphatic rings. The fraction of sp³-hybridized carbons (Fsp3) is 0.789. The van der Waals surface area contributed by atoms with Gasteiger partial charge in [-0.1, -0.05) is 57.8 Å². The summed E-state index contributed by atoms with van der Waals surface area (Å²) in [6, 6.07) is 0. The van der Waals surface area contributed by atoms with E-state index >= 15 is 0 Å². The number of rotatable bonds is 3. The maximum atomic E-state index is 11.5. The molecular formula is C19H34O3Si2. The molecule has 0 amide bonds. The number of hydrogen-bond acceptors (Lipinski definition) is 3. The van der Waals surface area contributed by atoms with Gasteiger partial charge in [0.05, 0.1) is 25.7 Å². The Kier molecular flexibility index (Phi) is 5.59. The number of ether oxygens (including phenoxy) is 2. The molecule has 0 bridgehead atoms. The highest BCUT2D eigenvalue weighted by Crippen LogP contribution is 2.56. The molecule has 1 N–H and O–H groups in total. The van der Waals surface area contributed by atoms with Gasteiger partial charge in [-0.2, -0.15) is 0 Å². The van der Waals surface area contributed by atoms with Gasteiger partial charge in [0.25, 0.3) is 0 Å². The molecule has 3 atom stereocenters. The molecule has 1 heterocycles. The minimum absolute atomic E-state index is 0.375. The van der Waals surface area contributed by atoms with Crippen molar-refractivity contribution in [2.24, 2.45) is 5.41 Å². The molecule has 1 aliphatic carbocycles. The zero-order valence-corrected chi connectivity index (χ0v) is 18.5. The van der Waals surface area contributed by atoms with Crippen LogP contribution in [0, 0.1) is 16.9 Å². The Labute approximate surface area is 149 Å². The summed E-state index contributed by atoms with van der Waals surface area (Å²) < 4.78 is 12.1. The molecule has 2 fully saturated rings. The lowest BCUT2D eigenvalue weighted by Crippen LogP contribution is -2.57. The molecular weight excluding hydrogens is 332 g/mol. The topological polar surface area (TPSA) is 38.7 Å². The molecule has 0 radical (unpaired) electrons. The molecule has 5 heteroatoms. The van der Waals surface area contributed by atoms with E-state index in [1.54, 1.807) is 0 Å². The minimum atomic E-state index is -1.42. The summed E-state index contributed by atoms with van der Waals surface area (Å²) in [5.41, 5.74) is 5.55. The van der Waals surface area contributed by atoms with E-state index in [-0.39, 0.29) is 11.7 Å². The van der Waals surface area contributed by atoms with Crippen LogP contribution in [0.2, 0.25) is 39.3 Å². The summed E-state index contributed by atoms with van der Waals surface area (Å²) in [5, 5.41) is 11.5. The third-order valence-electron chi connectivity index (χ3n) is 5.00. The number of hydrogen-bond donors (Lipinski definition) is 1. The molecule has 0 aromatic rings. The molecule has 24 heavy (non-hydrogen) atoms. The molecule has 1 aliphatic heterocycles. The lowest BCUT2D eigenvalue weighted by Gasteiger charge is -2.50. The van der Waals surface area contributed by atoms with Crippen molar-refractivity contribution in [2.75, 3.05) is 13.2 Å². The quantitative estimate of drug-likeness (QED) is 0.607. The van der Waals surface area contributed by atoms with Crippen molar-refractivity contribution in [2.45, 2.75) is 77.4 Å². The summed E-state index contributed by atoms with van der Waals surface area (Å²) in [6.45, 7) is 16.5. The highest BCUT2D eigenvalue weighted by atomic mass is 28.3. The van der Waals surface area contributed by atoms with Crippen molar-refractivity contribution in [3.05, 3.63) is 11.3 Å². The third kappa shape index (κ3) is 4.23. The Morgan fingerprint density at radius 1 is 1.25 bits per heavy atom. The van der Waals surface area contributed by atoms with Gasteiger partial charge in [0.1, 0.15) is 14.7 Å². The maximum absolute atomic E-state index is 11.5. The van der Waals surface area contributed by atoms with Crippen LogP contribution in [0.1, 0.15) is 26.2 Å². The van der Waals surface area contributed by atoms with Gasteiger partial charge < -0.3 is 14.6 Å². The largest absolute Gasteiger partial charge is 0.385 e. The van der Waals surface area contributed by atoms with Crippen molar-refractivity contribution >= 4 is 16.1 Å². The Balaban J connectivity index is 2.18. The number of aliphatic hydroxyl groups is 1. The fourth-order valence-corrected chi connectivity index (χ4v) is 5.82. The van der Waals surface area contributed by atoms with E-state index in [0.29, 0.717) is 13.2 Å². The smallest absolute Gasteiger partial charge is 0.167 e. The van der Waals surface area contributed by atoms with Crippen molar-refractivity contribution in [1.29, 1.82) is 0 Å². The van der Waals surface area contributed by atoms with Crippen molar-refractivity contribution < 1.29 is 14.6 Å². The van der Waals surface area contributed by atoms with Crippen LogP contribution >= 0.6 is 0 Å². The third-order valence-corrected chi connectivity index (χ3v) is 7.14. The molecule has 0 aromatic carbocycles. The summed E-state index contributed by atoms with van der Waals surface area (Å²) in [4.78, 5) is 0. The van der Waals surface area contributed by atoms with E-state index in [2.05, 4.69) is 63.4 Å². The first kappa shape index (κ1) is 19.9. The van der Waals surface area contributed by atoms with Gasteiger partial charge in [-0.25, -0.2) is 0 Å². The minimum Gasteiger partial charge on any atom is -0.385 e. The number of fused-ring (bicyclic) bond motifs is 1. The predicted molar refractivity (Wildman–Crippen MR) is 105 cm³/mol. The van der Waals surface area contributed by atoms with Gasteiger partial charge in [-0.15, -0.1) is 5.54 Å². The van der Waals surface area contributed by atoms with Gasteiger partial charge in [-0.3, -0.25) is 0 Å². The molecule has 0 unspecified atom stereocenters. The van der Waals surface area contributed by atoms with Gasteiger partial charge in [0.2, 0.25) is 0 Å². The lowest BCUT2D eigenvalue weighted by atomic mass is 9.70. The molecule has 136 valence electrons. The Bertz CT molecular complexity index is 562. The van der Waals surface area contributed by atoms with Crippen LogP contribution < -0.4 is 0 Å². The summed E-state index contributed by atoms with van der Waals surface area (Å²) in [7, 11) is -2.80. The Morgan fingerprint density at radius 3 is 2.50 bits per heavy atom. The van der Waals surface area contributed by atoms with Crippen LogP contribution in [0.4, 0.5) is 0 Å². The van der Waals surface area contributed by atoms with E-state index in [1.165, 1.54) is 0 Å². The highest BCUT2D eigenvalue weighted by Gasteiger charge is 2.60. The predicted octanol–water partition coefficient (Wildman–Crippen LogP) is 3.97. The second-order valence-corrected chi connectivity index (χ2v) is 19.4. The fourth-order valence-electron chi connectivity index (χ4n) is 3.85. The van der Waals surface area contributed by atoms with E-state index in [1.807, 2.05) is 0 Å². The standard InChI is InChI=1S/C19H34O3Si2/c1-18-10-8-11-19(18,20)16(15-24(5,6)7)14-22-17(18)21-12-9-13-23(2,3)4/h15,17,20H,8,10-12,14H2,1-7H3/b16-15+/t17-,18-,19-/m0/s1. The normalized spacial score (nSPS) is 35.5. The molecule has 3 nitrogen and oxygen atoms in total. The molecule has 0 spiro atoms. The van der Waals surface area contributed by atoms with Crippen molar-refractivity contribution in [3.8, 4) is 11.5 Å². The molecule has 1 saturated carbocycles. The van der Waals surface area contributed by atoms with Gasteiger partial charge >= 0.3 is 0 Å². The van der Waals surface area contributed by atoms with Crippen molar-refractivity contribution in [3.63, 3.8) is 0 Å². The van der Waals surface area contributed by atoms with E-state index in [4.69, 9.17) is 9.47 Å². The molecule has 0 aromatic heterocycles. The first-order valence-electron chi connectivity index (χ1n) is 9.05. The van der Waals surface area contributed by atoms with E-state index < -0.39 is 21.7 Å². The zero-order valence-electron chi connectivity index (χ0n) is 16.5. The zero-order chi connectivity index (χ0) is 18.2. The average Bonchev–Trinajstić information content (AvgIpc) is 2.72. The average molecular weight is 367 g/mol. The van der Waals surface area contributed by atoms with Crippen LogP contribution in [0.15, 0.2) is 11.3 Å². The van der Waals surface area contributed by atoms with Crippen LogP contribution in [0.25, 0.3) is 0 Å². The second-order valence-electron chi connectivity index (χ2n) is 9.67. The summed E-state index contributed by atoms with van der Waals surface area (Å²) in [5.74, 6) is 3.15. The van der Waals surface area contributed by atoms with E-state index in [0.717, 1.165) is 24.8 Å². The summed E-state index contributed by atoms with van der Waals surface area (Å²) in [6.07, 6.45) is 2.38. The van der Waals surface area contributed by atoms with Crippen LogP contribution in [0.3, 0.4) is 0 Å². The monoisotopic (exact) mass is 366 g/mol. The SMILES string of the molecule is C[C@@]12CCC[C@]1(O)/C(=C/[Si](C)(C)C)CO[C@@H]2OCC#C[Si](C)(C)C. The Hall–Kier alpha value is -0.386. The first-order chi connectivity index (χ1) is 10.9. The van der Waals surface area contributed by atoms with Crippen molar-refractivity contribution in [1.82, 2.24) is 0 Å². The second kappa shape index (κ2) is 6.73. The van der Waals surface area contributed by atoms with Gasteiger partial charge in [0, 0.05) is 0 Å². The first-order valence-corrected chi connectivity index (χ1v) is 16.1. The van der Waals surface area contributed by atoms with Crippen LogP contribution in [-0.2, 0) is 9.47 Å². The lowest BCUT2D eigenvalue weighted by molar-refractivity contribution is -0.255. The van der Waals surface area contributed by atoms with Gasteiger partial charge in [-0.05, 0) is 24.8 Å².